The number of carbonyl (C=O) groups is 2. The van der Waals surface area contributed by atoms with Gasteiger partial charge >= 0.3 is 5.97 Å². The van der Waals surface area contributed by atoms with E-state index < -0.39 is 27.9 Å². The number of esters is 1. The van der Waals surface area contributed by atoms with Crippen molar-refractivity contribution < 1.29 is 32.2 Å². The van der Waals surface area contributed by atoms with Gasteiger partial charge in [-0.15, -0.1) is 0 Å². The largest absolute Gasteiger partial charge is 0.496 e. The molecule has 1 N–H and O–H groups in total. The molecule has 2 aromatic rings. The van der Waals surface area contributed by atoms with Crippen LogP contribution in [0, 0.1) is 0 Å². The highest BCUT2D eigenvalue weighted by Crippen LogP contribution is 2.29. The van der Waals surface area contributed by atoms with E-state index in [1.54, 1.807) is 18.2 Å². The zero-order chi connectivity index (χ0) is 20.9. The molecule has 150 valence electrons. The minimum Gasteiger partial charge on any atom is -0.496 e. The van der Waals surface area contributed by atoms with E-state index in [1.807, 2.05) is 0 Å². The van der Waals surface area contributed by atoms with E-state index in [1.165, 1.54) is 45.4 Å². The summed E-state index contributed by atoms with van der Waals surface area (Å²) in [5.41, 5.74) is 0.675. The Balaban J connectivity index is 2.15. The van der Waals surface area contributed by atoms with Crippen LogP contribution in [0.1, 0.15) is 27.6 Å². The van der Waals surface area contributed by atoms with Gasteiger partial charge < -0.3 is 14.2 Å². The zero-order valence-electron chi connectivity index (χ0n) is 15.9. The molecule has 0 heterocycles. The number of hydrogen-bond acceptors (Lipinski definition) is 7. The van der Waals surface area contributed by atoms with E-state index >= 15 is 0 Å². The van der Waals surface area contributed by atoms with Gasteiger partial charge in [0.05, 0.1) is 20.5 Å². The van der Waals surface area contributed by atoms with Gasteiger partial charge in [-0.1, -0.05) is 6.07 Å². The van der Waals surface area contributed by atoms with Gasteiger partial charge in [-0.25, -0.2) is 13.2 Å². The normalized spacial score (nSPS) is 12.0. The first-order chi connectivity index (χ1) is 13.2. The quantitative estimate of drug-likeness (QED) is 0.529. The first kappa shape index (κ1) is 21.2. The predicted octanol–water partition coefficient (Wildman–Crippen LogP) is 2.50. The van der Waals surface area contributed by atoms with Gasteiger partial charge in [0, 0.05) is 11.3 Å². The average Bonchev–Trinajstić information content (AvgIpc) is 2.65. The van der Waals surface area contributed by atoms with Crippen molar-refractivity contribution in [3.8, 4) is 11.5 Å². The molecule has 0 bridgehead atoms. The predicted molar refractivity (Wildman–Crippen MR) is 104 cm³/mol. The lowest BCUT2D eigenvalue weighted by Crippen LogP contribution is -2.25. The third kappa shape index (κ3) is 5.23. The second kappa shape index (κ2) is 8.75. The molecule has 28 heavy (non-hydrogen) atoms. The van der Waals surface area contributed by atoms with E-state index in [-0.39, 0.29) is 22.6 Å². The van der Waals surface area contributed by atoms with Gasteiger partial charge in [-0.05, 0) is 43.3 Å². The SMILES string of the molecule is COc1cccc(OC)c1C(=O)OC(C)C(=O)c1ccc(NS(C)(=O)=O)cc1. The maximum atomic E-state index is 12.5. The molecule has 9 heteroatoms. The van der Waals surface area contributed by atoms with Crippen molar-refractivity contribution in [2.24, 2.45) is 0 Å². The van der Waals surface area contributed by atoms with Crippen LogP contribution in [0.3, 0.4) is 0 Å². The number of ether oxygens (including phenoxy) is 3. The Morgan fingerprint density at radius 2 is 1.50 bits per heavy atom. The molecule has 0 spiro atoms. The summed E-state index contributed by atoms with van der Waals surface area (Å²) in [7, 11) is -0.597. The molecule has 0 aliphatic rings. The molecule has 1 atom stereocenters. The van der Waals surface area contributed by atoms with E-state index in [2.05, 4.69) is 4.72 Å². The smallest absolute Gasteiger partial charge is 0.346 e. The summed E-state index contributed by atoms with van der Waals surface area (Å²) >= 11 is 0. The van der Waals surface area contributed by atoms with E-state index in [0.29, 0.717) is 5.69 Å². The van der Waals surface area contributed by atoms with Gasteiger partial charge in [0.1, 0.15) is 17.1 Å². The van der Waals surface area contributed by atoms with Gasteiger partial charge in [0.2, 0.25) is 15.8 Å². The van der Waals surface area contributed by atoms with Gasteiger partial charge in [0.15, 0.2) is 6.10 Å². The maximum absolute atomic E-state index is 12.5. The van der Waals surface area contributed by atoms with E-state index in [4.69, 9.17) is 14.2 Å². The molecule has 0 radical (unpaired) electrons. The third-order valence-corrected chi connectivity index (χ3v) is 4.36. The lowest BCUT2D eigenvalue weighted by Gasteiger charge is -2.16. The van der Waals surface area contributed by atoms with Crippen molar-refractivity contribution in [3.05, 3.63) is 53.6 Å². The number of Topliss-reactive ketones (excluding diaryl/α,β-unsaturated/α-hetero) is 1. The van der Waals surface area contributed by atoms with E-state index in [9.17, 15) is 18.0 Å². The van der Waals surface area contributed by atoms with Crippen LogP contribution in [0.5, 0.6) is 11.5 Å². The third-order valence-electron chi connectivity index (χ3n) is 3.76. The lowest BCUT2D eigenvalue weighted by molar-refractivity contribution is 0.0313. The summed E-state index contributed by atoms with van der Waals surface area (Å²) in [4.78, 5) is 25.1. The molecule has 0 aliphatic carbocycles. The monoisotopic (exact) mass is 407 g/mol. The Morgan fingerprint density at radius 3 is 1.96 bits per heavy atom. The van der Waals surface area contributed by atoms with Crippen LogP contribution in [0.2, 0.25) is 0 Å². The molecular weight excluding hydrogens is 386 g/mol. The van der Waals surface area contributed by atoms with Crippen molar-refractivity contribution in [1.29, 1.82) is 0 Å². The Kier molecular flexibility index (Phi) is 6.63. The number of nitrogens with one attached hydrogen (secondary N) is 1. The molecule has 1 unspecified atom stereocenters. The fraction of sp³-hybridized carbons (Fsp3) is 0.263. The summed E-state index contributed by atoms with van der Waals surface area (Å²) in [6.45, 7) is 1.45. The topological polar surface area (TPSA) is 108 Å². The van der Waals surface area contributed by atoms with Crippen LogP contribution in [0.15, 0.2) is 42.5 Å². The first-order valence-electron chi connectivity index (χ1n) is 8.20. The number of rotatable bonds is 8. The van der Waals surface area contributed by atoms with Crippen molar-refractivity contribution in [3.63, 3.8) is 0 Å². The number of benzene rings is 2. The number of sulfonamides is 1. The number of carbonyl (C=O) groups excluding carboxylic acids is 2. The molecule has 0 saturated carbocycles. The Morgan fingerprint density at radius 1 is 0.964 bits per heavy atom. The average molecular weight is 407 g/mol. The molecular formula is C19H21NO7S. The summed E-state index contributed by atoms with van der Waals surface area (Å²) in [6, 6.07) is 10.6. The standard InChI is InChI=1S/C19H21NO7S/c1-12(18(21)13-8-10-14(11-9-13)20-28(4,23)24)27-19(22)17-15(25-2)6-5-7-16(17)26-3/h5-12,20H,1-4H3. The van der Waals surface area contributed by atoms with Crippen LogP contribution < -0.4 is 14.2 Å². The van der Waals surface area contributed by atoms with Crippen molar-refractivity contribution >= 4 is 27.5 Å². The van der Waals surface area contributed by atoms with Gasteiger partial charge in [-0.2, -0.15) is 0 Å². The second-order valence-electron chi connectivity index (χ2n) is 5.90. The first-order valence-corrected chi connectivity index (χ1v) is 10.1. The number of ketones is 1. The van der Waals surface area contributed by atoms with Crippen LogP contribution in [0.4, 0.5) is 5.69 Å². The van der Waals surface area contributed by atoms with Gasteiger partial charge in [-0.3, -0.25) is 9.52 Å². The Hall–Kier alpha value is -3.07. The number of methoxy groups -OCH3 is 2. The second-order valence-corrected chi connectivity index (χ2v) is 7.65. The Labute approximate surface area is 163 Å². The van der Waals surface area contributed by atoms with Crippen molar-refractivity contribution in [2.75, 3.05) is 25.2 Å². The highest BCUT2D eigenvalue weighted by atomic mass is 32.2. The minimum absolute atomic E-state index is 0.0832. The van der Waals surface area contributed by atoms with E-state index in [0.717, 1.165) is 6.26 Å². The van der Waals surface area contributed by atoms with Gasteiger partial charge in [0.25, 0.3) is 0 Å². The van der Waals surface area contributed by atoms with Crippen LogP contribution in [0.25, 0.3) is 0 Å². The molecule has 0 aromatic heterocycles. The molecule has 2 aromatic carbocycles. The van der Waals surface area contributed by atoms with Crippen LogP contribution in [-0.2, 0) is 14.8 Å². The molecule has 0 aliphatic heterocycles. The molecule has 0 fully saturated rings. The lowest BCUT2D eigenvalue weighted by atomic mass is 10.1. The summed E-state index contributed by atoms with van der Waals surface area (Å²) in [5, 5.41) is 0. The Bertz CT molecular complexity index is 946. The summed E-state index contributed by atoms with van der Waals surface area (Å²) in [5.74, 6) is -0.668. The molecule has 2 rings (SSSR count). The van der Waals surface area contributed by atoms with Crippen LogP contribution in [-0.4, -0.2) is 46.7 Å². The zero-order valence-corrected chi connectivity index (χ0v) is 16.7. The number of anilines is 1. The summed E-state index contributed by atoms with van der Waals surface area (Å²) < 4.78 is 40.4. The fourth-order valence-electron chi connectivity index (χ4n) is 2.48. The highest BCUT2D eigenvalue weighted by Gasteiger charge is 2.25. The van der Waals surface area contributed by atoms with Crippen LogP contribution >= 0.6 is 0 Å². The summed E-state index contributed by atoms with van der Waals surface area (Å²) in [6.07, 6.45) is -0.0458. The molecule has 0 amide bonds. The molecule has 8 nitrogen and oxygen atoms in total. The number of hydrogen-bond donors (Lipinski definition) is 1. The van der Waals surface area contributed by atoms with Crippen molar-refractivity contribution in [2.45, 2.75) is 13.0 Å². The highest BCUT2D eigenvalue weighted by molar-refractivity contribution is 7.92. The molecule has 0 saturated heterocycles. The minimum atomic E-state index is -3.41. The fourth-order valence-corrected chi connectivity index (χ4v) is 3.04. The maximum Gasteiger partial charge on any atom is 0.346 e. The van der Waals surface area contributed by atoms with Crippen molar-refractivity contribution in [1.82, 2.24) is 0 Å².